The number of ether oxygens (including phenoxy) is 1. The van der Waals surface area contributed by atoms with Gasteiger partial charge in [-0.15, -0.1) is 0 Å². The van der Waals surface area contributed by atoms with E-state index < -0.39 is 11.2 Å². The minimum absolute atomic E-state index is 0.0379. The molecule has 2 aliphatic rings. The molecule has 0 radical (unpaired) electrons. The maximum Gasteiger partial charge on any atom is 0.309 e. The fraction of sp³-hybridized carbons (Fsp3) is 0.722. The Labute approximate surface area is 128 Å². The van der Waals surface area contributed by atoms with Gasteiger partial charge < -0.3 is 9.84 Å². The van der Waals surface area contributed by atoms with E-state index in [2.05, 4.69) is 32.9 Å². The monoisotopic (exact) mass is 292 g/mol. The first-order chi connectivity index (χ1) is 9.42. The van der Waals surface area contributed by atoms with Crippen molar-refractivity contribution in [1.82, 2.24) is 0 Å². The number of hydrogen-bond donors (Lipinski definition) is 1. The number of carbonyl (C=O) groups excluding carboxylic acids is 1. The molecule has 0 bridgehead atoms. The van der Waals surface area contributed by atoms with E-state index in [1.807, 2.05) is 20.8 Å². The molecule has 0 aromatic heterocycles. The van der Waals surface area contributed by atoms with Gasteiger partial charge in [0.25, 0.3) is 0 Å². The summed E-state index contributed by atoms with van der Waals surface area (Å²) >= 11 is 0. The standard InChI is InChI=1S/C18H28O3/c1-12-7-8-18(20,11-15(19)21-16(2,3)4)14-10-17(5,6)9-13(12)14/h9-10,12,20H,7-8,11H2,1-6H3/t12-,18+/m1/s1. The molecule has 118 valence electrons. The van der Waals surface area contributed by atoms with E-state index in [0.717, 1.165) is 12.0 Å². The van der Waals surface area contributed by atoms with Gasteiger partial charge in [0, 0.05) is 5.41 Å². The SMILES string of the molecule is C[C@@H]1CC[C@](O)(CC(=O)OC(C)(C)C)C2=CC(C)(C)C=C21. The Morgan fingerprint density at radius 2 is 2.00 bits per heavy atom. The van der Waals surface area contributed by atoms with Crippen LogP contribution in [0, 0.1) is 11.3 Å². The minimum atomic E-state index is -1.07. The van der Waals surface area contributed by atoms with Crippen LogP contribution in [0.1, 0.15) is 60.8 Å². The maximum atomic E-state index is 12.1. The highest BCUT2D eigenvalue weighted by molar-refractivity contribution is 5.73. The number of allylic oxidation sites excluding steroid dienone is 2. The van der Waals surface area contributed by atoms with Crippen LogP contribution in [0.4, 0.5) is 0 Å². The second-order valence-corrected chi connectivity index (χ2v) is 8.21. The Morgan fingerprint density at radius 3 is 2.57 bits per heavy atom. The van der Waals surface area contributed by atoms with Crippen LogP contribution in [-0.2, 0) is 9.53 Å². The van der Waals surface area contributed by atoms with Crippen molar-refractivity contribution in [2.24, 2.45) is 11.3 Å². The summed E-state index contributed by atoms with van der Waals surface area (Å²) in [5.74, 6) is 0.112. The smallest absolute Gasteiger partial charge is 0.309 e. The Hall–Kier alpha value is -1.09. The zero-order valence-electron chi connectivity index (χ0n) is 14.1. The Bertz CT molecular complexity index is 505. The van der Waals surface area contributed by atoms with Crippen LogP contribution in [0.15, 0.2) is 23.3 Å². The van der Waals surface area contributed by atoms with Crippen LogP contribution in [0.3, 0.4) is 0 Å². The third-order valence-corrected chi connectivity index (χ3v) is 4.23. The summed E-state index contributed by atoms with van der Waals surface area (Å²) in [5.41, 5.74) is 0.506. The number of rotatable bonds is 2. The van der Waals surface area contributed by atoms with Crippen LogP contribution in [0.5, 0.6) is 0 Å². The van der Waals surface area contributed by atoms with E-state index in [1.54, 1.807) is 0 Å². The summed E-state index contributed by atoms with van der Waals surface area (Å²) in [6, 6.07) is 0. The van der Waals surface area contributed by atoms with Crippen LogP contribution in [0.2, 0.25) is 0 Å². The average molecular weight is 292 g/mol. The highest BCUT2D eigenvalue weighted by Crippen LogP contribution is 2.49. The molecule has 2 aliphatic carbocycles. The molecule has 0 saturated heterocycles. The quantitative estimate of drug-likeness (QED) is 0.788. The first-order valence-corrected chi connectivity index (χ1v) is 7.83. The highest BCUT2D eigenvalue weighted by Gasteiger charge is 2.45. The van der Waals surface area contributed by atoms with Crippen molar-refractivity contribution in [3.05, 3.63) is 23.3 Å². The fourth-order valence-electron chi connectivity index (χ4n) is 3.33. The van der Waals surface area contributed by atoms with E-state index in [9.17, 15) is 9.90 Å². The topological polar surface area (TPSA) is 46.5 Å². The first kappa shape index (κ1) is 16.3. The number of aliphatic hydroxyl groups is 1. The van der Waals surface area contributed by atoms with Crippen molar-refractivity contribution in [2.75, 3.05) is 0 Å². The molecular weight excluding hydrogens is 264 g/mol. The van der Waals surface area contributed by atoms with Gasteiger partial charge in [-0.3, -0.25) is 4.79 Å². The molecule has 0 aliphatic heterocycles. The maximum absolute atomic E-state index is 12.1. The van der Waals surface area contributed by atoms with Crippen molar-refractivity contribution in [2.45, 2.75) is 72.0 Å². The fourth-order valence-corrected chi connectivity index (χ4v) is 3.33. The van der Waals surface area contributed by atoms with E-state index in [0.29, 0.717) is 12.3 Å². The zero-order valence-corrected chi connectivity index (χ0v) is 14.1. The molecule has 0 amide bonds. The lowest BCUT2D eigenvalue weighted by molar-refractivity contribution is -0.159. The summed E-state index contributed by atoms with van der Waals surface area (Å²) in [6.07, 6.45) is 5.90. The van der Waals surface area contributed by atoms with Gasteiger partial charge in [-0.25, -0.2) is 0 Å². The van der Waals surface area contributed by atoms with E-state index in [4.69, 9.17) is 4.74 Å². The molecule has 3 heteroatoms. The number of hydrogen-bond acceptors (Lipinski definition) is 3. The number of fused-ring (bicyclic) bond motifs is 1. The average Bonchev–Trinajstić information content (AvgIpc) is 2.59. The molecular formula is C18H28O3. The van der Waals surface area contributed by atoms with E-state index in [-0.39, 0.29) is 17.8 Å². The molecule has 0 aromatic rings. The lowest BCUT2D eigenvalue weighted by Gasteiger charge is -2.38. The summed E-state index contributed by atoms with van der Waals surface area (Å²) in [6.45, 7) is 12.0. The number of esters is 1. The number of carbonyl (C=O) groups is 1. The van der Waals surface area contributed by atoms with Gasteiger partial charge in [-0.1, -0.05) is 32.9 Å². The van der Waals surface area contributed by atoms with Crippen LogP contribution >= 0.6 is 0 Å². The molecule has 2 atom stereocenters. The van der Waals surface area contributed by atoms with Gasteiger partial charge in [0.15, 0.2) is 0 Å². The first-order valence-electron chi connectivity index (χ1n) is 7.83. The molecule has 0 unspecified atom stereocenters. The normalized spacial score (nSPS) is 31.3. The summed E-state index contributed by atoms with van der Waals surface area (Å²) in [4.78, 5) is 12.1. The van der Waals surface area contributed by atoms with Gasteiger partial charge in [0.1, 0.15) is 11.2 Å². The molecule has 1 saturated carbocycles. The van der Waals surface area contributed by atoms with Gasteiger partial charge in [0.2, 0.25) is 0 Å². The Kier molecular flexibility index (Phi) is 3.86. The molecule has 0 aromatic carbocycles. The minimum Gasteiger partial charge on any atom is -0.460 e. The molecule has 0 spiro atoms. The van der Waals surface area contributed by atoms with Gasteiger partial charge in [0.05, 0.1) is 6.42 Å². The third-order valence-electron chi connectivity index (χ3n) is 4.23. The van der Waals surface area contributed by atoms with Crippen molar-refractivity contribution in [3.63, 3.8) is 0 Å². The predicted octanol–water partition coefficient (Wildman–Crippen LogP) is 3.77. The Balaban J connectivity index is 2.23. The molecule has 0 heterocycles. The van der Waals surface area contributed by atoms with Gasteiger partial charge >= 0.3 is 5.97 Å². The van der Waals surface area contributed by atoms with Crippen molar-refractivity contribution < 1.29 is 14.6 Å². The highest BCUT2D eigenvalue weighted by atomic mass is 16.6. The predicted molar refractivity (Wildman–Crippen MR) is 83.8 cm³/mol. The van der Waals surface area contributed by atoms with Crippen molar-refractivity contribution in [1.29, 1.82) is 0 Å². The van der Waals surface area contributed by atoms with Gasteiger partial charge in [-0.2, -0.15) is 0 Å². The lowest BCUT2D eigenvalue weighted by Crippen LogP contribution is -2.40. The van der Waals surface area contributed by atoms with Crippen LogP contribution < -0.4 is 0 Å². The van der Waals surface area contributed by atoms with Crippen molar-refractivity contribution >= 4 is 5.97 Å². The van der Waals surface area contributed by atoms with Gasteiger partial charge in [-0.05, 0) is 50.7 Å². The second kappa shape index (κ2) is 4.98. The van der Waals surface area contributed by atoms with Crippen LogP contribution in [-0.4, -0.2) is 22.3 Å². The van der Waals surface area contributed by atoms with Crippen molar-refractivity contribution in [3.8, 4) is 0 Å². The summed E-state index contributed by atoms with van der Waals surface area (Å²) in [7, 11) is 0. The summed E-state index contributed by atoms with van der Waals surface area (Å²) in [5, 5.41) is 11.0. The largest absolute Gasteiger partial charge is 0.460 e. The molecule has 2 rings (SSSR count). The van der Waals surface area contributed by atoms with E-state index >= 15 is 0 Å². The molecule has 3 nitrogen and oxygen atoms in total. The Morgan fingerprint density at radius 1 is 1.38 bits per heavy atom. The zero-order chi connectivity index (χ0) is 16.1. The second-order valence-electron chi connectivity index (χ2n) is 8.21. The lowest BCUT2D eigenvalue weighted by atomic mass is 9.72. The summed E-state index contributed by atoms with van der Waals surface area (Å²) < 4.78 is 5.39. The van der Waals surface area contributed by atoms with E-state index in [1.165, 1.54) is 5.57 Å². The third kappa shape index (κ3) is 3.57. The molecule has 1 fully saturated rings. The van der Waals surface area contributed by atoms with Crippen LogP contribution in [0.25, 0.3) is 0 Å². The molecule has 21 heavy (non-hydrogen) atoms. The molecule has 1 N–H and O–H groups in total.